The maximum atomic E-state index is 14.7. The predicted octanol–water partition coefficient (Wildman–Crippen LogP) is 6.28. The van der Waals surface area contributed by atoms with Gasteiger partial charge in [-0.2, -0.15) is 13.2 Å². The molecule has 1 heterocycles. The normalized spacial score (nSPS) is 15.7. The molecule has 4 rings (SSSR count). The van der Waals surface area contributed by atoms with E-state index >= 15 is 0 Å². The fourth-order valence-corrected chi connectivity index (χ4v) is 4.86. The summed E-state index contributed by atoms with van der Waals surface area (Å²) in [5.74, 6) is -0.594. The van der Waals surface area contributed by atoms with E-state index in [4.69, 9.17) is 4.74 Å². The van der Waals surface area contributed by atoms with Crippen LogP contribution in [0.2, 0.25) is 0 Å². The second-order valence-corrected chi connectivity index (χ2v) is 9.42. The molecule has 1 aromatic heterocycles. The number of pyridine rings is 1. The highest BCUT2D eigenvalue weighted by Crippen LogP contribution is 2.39. The first-order valence-electron chi connectivity index (χ1n) is 12.1. The largest absolute Gasteiger partial charge is 0.496 e. The number of para-hydroxylation sites is 1. The fourth-order valence-electron chi connectivity index (χ4n) is 4.86. The summed E-state index contributed by atoms with van der Waals surface area (Å²) in [4.78, 5) is 17.8. The average molecular weight is 516 g/mol. The lowest BCUT2D eigenvalue weighted by molar-refractivity contribution is -0.137. The van der Waals surface area contributed by atoms with E-state index in [0.29, 0.717) is 17.4 Å². The van der Waals surface area contributed by atoms with E-state index in [1.54, 1.807) is 42.6 Å². The molecule has 1 aliphatic carbocycles. The summed E-state index contributed by atoms with van der Waals surface area (Å²) in [5, 5.41) is 5.85. The number of methoxy groups -OCH3 is 1. The molecule has 0 unspecified atom stereocenters. The van der Waals surface area contributed by atoms with E-state index in [0.717, 1.165) is 43.4 Å². The lowest BCUT2D eigenvalue weighted by Crippen LogP contribution is -2.54. The summed E-state index contributed by atoms with van der Waals surface area (Å²) < 4.78 is 61.5. The summed E-state index contributed by atoms with van der Waals surface area (Å²) in [5.41, 5.74) is -1.19. The maximum Gasteiger partial charge on any atom is 0.416 e. The van der Waals surface area contributed by atoms with Gasteiger partial charge in [-0.1, -0.05) is 37.1 Å². The van der Waals surface area contributed by atoms with Crippen LogP contribution in [0.15, 0.2) is 60.8 Å². The molecule has 5 nitrogen and oxygen atoms in total. The van der Waals surface area contributed by atoms with Crippen molar-refractivity contribution in [2.75, 3.05) is 7.11 Å². The zero-order chi connectivity index (χ0) is 26.6. The Morgan fingerprint density at radius 3 is 2.41 bits per heavy atom. The van der Waals surface area contributed by atoms with Crippen LogP contribution in [0.5, 0.6) is 5.75 Å². The molecule has 0 radical (unpaired) electrons. The highest BCUT2D eigenvalue weighted by molar-refractivity contribution is 5.76. The van der Waals surface area contributed by atoms with E-state index in [1.807, 2.05) is 6.92 Å². The molecule has 1 fully saturated rings. The molecule has 1 atom stereocenters. The Labute approximate surface area is 213 Å². The smallest absolute Gasteiger partial charge is 0.416 e. The third kappa shape index (κ3) is 6.03. The lowest BCUT2D eigenvalue weighted by Gasteiger charge is -2.36. The van der Waals surface area contributed by atoms with Crippen LogP contribution >= 0.6 is 0 Å². The van der Waals surface area contributed by atoms with Crippen LogP contribution < -0.4 is 15.4 Å². The number of nitrogens with one attached hydrogen (secondary N) is 2. The van der Waals surface area contributed by atoms with Crippen LogP contribution in [-0.2, 0) is 18.1 Å². The van der Waals surface area contributed by atoms with Crippen LogP contribution in [0.4, 0.5) is 22.4 Å². The van der Waals surface area contributed by atoms with Crippen molar-refractivity contribution in [1.82, 2.24) is 15.6 Å². The van der Waals surface area contributed by atoms with Crippen LogP contribution in [-0.4, -0.2) is 24.2 Å². The van der Waals surface area contributed by atoms with Crippen molar-refractivity contribution >= 4 is 6.03 Å². The molecule has 0 bridgehead atoms. The van der Waals surface area contributed by atoms with Crippen LogP contribution in [0, 0.1) is 12.7 Å². The SMILES string of the molecule is COc1ccccc1C[C@](NC(=O)NC1CCCC1)(c1cc(F)cc(C(F)(F)F)c1)c1ccc(C)cn1. The Kier molecular flexibility index (Phi) is 7.71. The van der Waals surface area contributed by atoms with Gasteiger partial charge in [0.15, 0.2) is 0 Å². The molecule has 0 spiro atoms. The van der Waals surface area contributed by atoms with Gasteiger partial charge in [0.2, 0.25) is 0 Å². The third-order valence-corrected chi connectivity index (χ3v) is 6.73. The Morgan fingerprint density at radius 1 is 1.05 bits per heavy atom. The first-order valence-corrected chi connectivity index (χ1v) is 12.1. The zero-order valence-electron chi connectivity index (χ0n) is 20.7. The van der Waals surface area contributed by atoms with Crippen LogP contribution in [0.25, 0.3) is 0 Å². The Bertz CT molecular complexity index is 1240. The van der Waals surface area contributed by atoms with Crippen molar-refractivity contribution in [3.05, 3.63) is 94.6 Å². The standard InChI is InChI=1S/C28H29F4N3O2/c1-18-11-12-25(33-17-18)27(16-19-7-3-6-10-24(19)37-2,35-26(36)34-23-8-4-5-9-23)20-13-21(28(30,31)32)15-22(29)14-20/h3,6-7,10-15,17,23H,4-5,8-9,16H2,1-2H3,(H2,34,35,36)/t27-/m0/s1. The van der Waals surface area contributed by atoms with Crippen molar-refractivity contribution in [2.45, 2.75) is 56.8 Å². The van der Waals surface area contributed by atoms with Gasteiger partial charge in [0.05, 0.1) is 18.4 Å². The minimum Gasteiger partial charge on any atom is -0.496 e. The highest BCUT2D eigenvalue weighted by Gasteiger charge is 2.41. The lowest BCUT2D eigenvalue weighted by atomic mass is 9.79. The number of rotatable bonds is 7. The van der Waals surface area contributed by atoms with E-state index in [9.17, 15) is 22.4 Å². The molecule has 37 heavy (non-hydrogen) atoms. The number of aryl methyl sites for hydroxylation is 1. The van der Waals surface area contributed by atoms with Gasteiger partial charge in [0.1, 0.15) is 17.1 Å². The molecule has 9 heteroatoms. The van der Waals surface area contributed by atoms with Gasteiger partial charge in [-0.25, -0.2) is 9.18 Å². The van der Waals surface area contributed by atoms with E-state index < -0.39 is 29.1 Å². The number of urea groups is 1. The van der Waals surface area contributed by atoms with Gasteiger partial charge in [-0.15, -0.1) is 0 Å². The molecule has 0 aliphatic heterocycles. The molecule has 2 N–H and O–H groups in total. The monoisotopic (exact) mass is 515 g/mol. The molecule has 3 aromatic rings. The molecule has 0 saturated heterocycles. The van der Waals surface area contributed by atoms with Gasteiger partial charge < -0.3 is 15.4 Å². The number of halogens is 4. The molecular weight excluding hydrogens is 486 g/mol. The number of ether oxygens (including phenoxy) is 1. The van der Waals surface area contributed by atoms with Crippen molar-refractivity contribution < 1.29 is 27.1 Å². The van der Waals surface area contributed by atoms with E-state index in [1.165, 1.54) is 7.11 Å². The van der Waals surface area contributed by atoms with Crippen LogP contribution in [0.1, 0.15) is 53.6 Å². The van der Waals surface area contributed by atoms with Crippen molar-refractivity contribution in [2.24, 2.45) is 0 Å². The fraction of sp³-hybridized carbons (Fsp3) is 0.357. The van der Waals surface area contributed by atoms with Gasteiger partial charge in [-0.05, 0) is 66.8 Å². The highest BCUT2D eigenvalue weighted by atomic mass is 19.4. The topological polar surface area (TPSA) is 63.2 Å². The minimum atomic E-state index is -4.79. The quantitative estimate of drug-likeness (QED) is 0.364. The molecular formula is C28H29F4N3O2. The van der Waals surface area contributed by atoms with E-state index in [-0.39, 0.29) is 23.7 Å². The molecule has 1 saturated carbocycles. The van der Waals surface area contributed by atoms with Crippen molar-refractivity contribution in [3.8, 4) is 5.75 Å². The molecule has 2 aromatic carbocycles. The molecule has 1 aliphatic rings. The summed E-state index contributed by atoms with van der Waals surface area (Å²) in [6.45, 7) is 1.82. The summed E-state index contributed by atoms with van der Waals surface area (Å²) in [6, 6.07) is 12.1. The predicted molar refractivity (Wildman–Crippen MR) is 132 cm³/mol. The average Bonchev–Trinajstić information content (AvgIpc) is 3.36. The second-order valence-electron chi connectivity index (χ2n) is 9.42. The number of amides is 2. The first-order chi connectivity index (χ1) is 17.6. The maximum absolute atomic E-state index is 14.7. The Hall–Kier alpha value is -3.62. The number of hydrogen-bond donors (Lipinski definition) is 2. The number of hydrogen-bond acceptors (Lipinski definition) is 3. The number of alkyl halides is 3. The van der Waals surface area contributed by atoms with Gasteiger partial charge in [-0.3, -0.25) is 4.98 Å². The Balaban J connectivity index is 1.93. The number of nitrogens with zero attached hydrogens (tertiary/aromatic N) is 1. The summed E-state index contributed by atoms with van der Waals surface area (Å²) in [6.07, 6.45) is 0.325. The number of carbonyl (C=O) groups excluding carboxylic acids is 1. The van der Waals surface area contributed by atoms with Gasteiger partial charge in [0.25, 0.3) is 0 Å². The second kappa shape index (κ2) is 10.8. The van der Waals surface area contributed by atoms with Gasteiger partial charge >= 0.3 is 12.2 Å². The van der Waals surface area contributed by atoms with Crippen molar-refractivity contribution in [3.63, 3.8) is 0 Å². The van der Waals surface area contributed by atoms with Gasteiger partial charge in [0, 0.05) is 18.7 Å². The summed E-state index contributed by atoms with van der Waals surface area (Å²) in [7, 11) is 1.48. The number of benzene rings is 2. The number of aromatic nitrogens is 1. The minimum absolute atomic E-state index is 0.0358. The van der Waals surface area contributed by atoms with Crippen LogP contribution in [0.3, 0.4) is 0 Å². The Morgan fingerprint density at radius 2 is 1.76 bits per heavy atom. The molecule has 2 amide bonds. The first kappa shape index (κ1) is 26.4. The third-order valence-electron chi connectivity index (χ3n) is 6.73. The van der Waals surface area contributed by atoms with Crippen molar-refractivity contribution in [1.29, 1.82) is 0 Å². The summed E-state index contributed by atoms with van der Waals surface area (Å²) >= 11 is 0. The zero-order valence-corrected chi connectivity index (χ0v) is 20.7. The number of carbonyl (C=O) groups is 1. The van der Waals surface area contributed by atoms with E-state index in [2.05, 4.69) is 15.6 Å². The molecule has 196 valence electrons.